The molecule has 2 N–H and O–H groups in total. The summed E-state index contributed by atoms with van der Waals surface area (Å²) in [7, 11) is 0. The second kappa shape index (κ2) is 7.10. The molecular formula is C16H17BrN2O. The summed E-state index contributed by atoms with van der Waals surface area (Å²) in [5.41, 5.74) is 3.38. The first-order valence-electron chi connectivity index (χ1n) is 6.45. The first-order chi connectivity index (χ1) is 9.63. The summed E-state index contributed by atoms with van der Waals surface area (Å²) >= 11 is 3.38. The summed E-state index contributed by atoms with van der Waals surface area (Å²) in [4.78, 5) is 11.7. The molecule has 104 valence electrons. The van der Waals surface area contributed by atoms with Crippen LogP contribution < -0.4 is 10.6 Å². The van der Waals surface area contributed by atoms with E-state index in [0.717, 1.165) is 15.6 Å². The number of halogens is 1. The number of carbonyl (C=O) groups is 1. The van der Waals surface area contributed by atoms with Crippen molar-refractivity contribution in [3.63, 3.8) is 0 Å². The van der Waals surface area contributed by atoms with E-state index in [1.807, 2.05) is 55.5 Å². The van der Waals surface area contributed by atoms with Gasteiger partial charge in [-0.3, -0.25) is 0 Å². The van der Waals surface area contributed by atoms with Gasteiger partial charge in [0.05, 0.1) is 0 Å². The first kappa shape index (κ1) is 14.6. The van der Waals surface area contributed by atoms with Crippen LogP contribution in [0.4, 0.5) is 4.79 Å². The van der Waals surface area contributed by atoms with Gasteiger partial charge in [-0.05, 0) is 30.2 Å². The fraction of sp³-hybridized carbons (Fsp3) is 0.188. The molecule has 0 saturated carbocycles. The summed E-state index contributed by atoms with van der Waals surface area (Å²) in [5.74, 6) is 0. The van der Waals surface area contributed by atoms with E-state index in [2.05, 4.69) is 26.6 Å². The Bertz CT molecular complexity index is 513. The number of aryl methyl sites for hydroxylation is 1. The zero-order valence-electron chi connectivity index (χ0n) is 11.3. The van der Waals surface area contributed by atoms with Gasteiger partial charge in [0.15, 0.2) is 0 Å². The average molecular weight is 333 g/mol. The Labute approximate surface area is 127 Å². The molecule has 3 nitrogen and oxygen atoms in total. The van der Waals surface area contributed by atoms with Crippen LogP contribution in [0.5, 0.6) is 0 Å². The molecular weight excluding hydrogens is 316 g/mol. The third-order valence-corrected chi connectivity index (χ3v) is 3.47. The third-order valence-electron chi connectivity index (χ3n) is 2.94. The molecule has 4 heteroatoms. The lowest BCUT2D eigenvalue weighted by atomic mass is 10.1. The van der Waals surface area contributed by atoms with Crippen molar-refractivity contribution in [1.29, 1.82) is 0 Å². The van der Waals surface area contributed by atoms with E-state index in [0.29, 0.717) is 13.1 Å². The number of hydrogen-bond donors (Lipinski definition) is 2. The Kier molecular flexibility index (Phi) is 5.18. The number of rotatable bonds is 4. The number of amides is 2. The predicted molar refractivity (Wildman–Crippen MR) is 84.4 cm³/mol. The van der Waals surface area contributed by atoms with Gasteiger partial charge in [-0.2, -0.15) is 0 Å². The monoisotopic (exact) mass is 332 g/mol. The van der Waals surface area contributed by atoms with Gasteiger partial charge in [0, 0.05) is 17.6 Å². The Morgan fingerprint density at radius 3 is 1.85 bits per heavy atom. The summed E-state index contributed by atoms with van der Waals surface area (Å²) in [6, 6.07) is 15.8. The molecule has 2 aromatic rings. The van der Waals surface area contributed by atoms with Crippen molar-refractivity contribution in [3.8, 4) is 0 Å². The highest BCUT2D eigenvalue weighted by atomic mass is 79.9. The van der Waals surface area contributed by atoms with Crippen molar-refractivity contribution in [2.75, 3.05) is 0 Å². The van der Waals surface area contributed by atoms with Crippen molar-refractivity contribution in [1.82, 2.24) is 10.6 Å². The van der Waals surface area contributed by atoms with Crippen LogP contribution in [0.3, 0.4) is 0 Å². The van der Waals surface area contributed by atoms with E-state index in [1.165, 1.54) is 5.56 Å². The zero-order chi connectivity index (χ0) is 14.4. The van der Waals surface area contributed by atoms with E-state index < -0.39 is 0 Å². The van der Waals surface area contributed by atoms with Gasteiger partial charge in [-0.1, -0.05) is 57.9 Å². The number of hydrogen-bond acceptors (Lipinski definition) is 1. The third kappa shape index (κ3) is 4.70. The lowest BCUT2D eigenvalue weighted by molar-refractivity contribution is 0.240. The second-order valence-corrected chi connectivity index (χ2v) is 5.56. The maximum atomic E-state index is 11.7. The molecule has 0 aliphatic heterocycles. The van der Waals surface area contributed by atoms with E-state index in [1.54, 1.807) is 0 Å². The van der Waals surface area contributed by atoms with Gasteiger partial charge < -0.3 is 10.6 Å². The molecule has 2 amide bonds. The van der Waals surface area contributed by atoms with Crippen molar-refractivity contribution >= 4 is 22.0 Å². The van der Waals surface area contributed by atoms with Crippen LogP contribution >= 0.6 is 15.9 Å². The highest BCUT2D eigenvalue weighted by molar-refractivity contribution is 9.10. The maximum Gasteiger partial charge on any atom is 0.315 e. The van der Waals surface area contributed by atoms with Crippen LogP contribution in [0, 0.1) is 6.92 Å². The van der Waals surface area contributed by atoms with E-state index >= 15 is 0 Å². The van der Waals surface area contributed by atoms with Gasteiger partial charge in [-0.25, -0.2) is 4.79 Å². The van der Waals surface area contributed by atoms with Crippen LogP contribution in [0.15, 0.2) is 53.0 Å². The van der Waals surface area contributed by atoms with Gasteiger partial charge in [0.1, 0.15) is 0 Å². The highest BCUT2D eigenvalue weighted by Gasteiger charge is 2.00. The maximum absolute atomic E-state index is 11.7. The first-order valence-corrected chi connectivity index (χ1v) is 7.24. The molecule has 2 rings (SSSR count). The lowest BCUT2D eigenvalue weighted by Crippen LogP contribution is -2.34. The van der Waals surface area contributed by atoms with Crippen LogP contribution in [0.2, 0.25) is 0 Å². The summed E-state index contributed by atoms with van der Waals surface area (Å²) < 4.78 is 1.03. The number of carbonyl (C=O) groups excluding carboxylic acids is 1. The van der Waals surface area contributed by atoms with E-state index in [4.69, 9.17) is 0 Å². The Hall–Kier alpha value is -1.81. The molecule has 0 aliphatic carbocycles. The minimum atomic E-state index is -0.159. The molecule has 2 aromatic carbocycles. The molecule has 0 radical (unpaired) electrons. The number of urea groups is 1. The van der Waals surface area contributed by atoms with Crippen molar-refractivity contribution in [3.05, 3.63) is 69.7 Å². The molecule has 0 fully saturated rings. The average Bonchev–Trinajstić information content (AvgIpc) is 2.46. The van der Waals surface area contributed by atoms with Crippen LogP contribution in [0.25, 0.3) is 0 Å². The molecule has 0 aromatic heterocycles. The zero-order valence-corrected chi connectivity index (χ0v) is 12.9. The van der Waals surface area contributed by atoms with E-state index in [9.17, 15) is 4.79 Å². The molecule has 20 heavy (non-hydrogen) atoms. The van der Waals surface area contributed by atoms with Crippen LogP contribution in [0.1, 0.15) is 16.7 Å². The molecule has 0 atom stereocenters. The Morgan fingerprint density at radius 2 is 1.35 bits per heavy atom. The second-order valence-electron chi connectivity index (χ2n) is 4.65. The molecule has 0 saturated heterocycles. The van der Waals surface area contributed by atoms with Gasteiger partial charge in [0.2, 0.25) is 0 Å². The standard InChI is InChI=1S/C16H17BrN2O/c1-12-2-4-13(5-3-12)10-18-16(20)19-11-14-6-8-15(17)9-7-14/h2-9H,10-11H2,1H3,(H2,18,19,20). The quantitative estimate of drug-likeness (QED) is 0.879. The van der Waals surface area contributed by atoms with Crippen molar-refractivity contribution in [2.45, 2.75) is 20.0 Å². The van der Waals surface area contributed by atoms with Crippen LogP contribution in [-0.4, -0.2) is 6.03 Å². The molecule has 0 aliphatic rings. The fourth-order valence-electron chi connectivity index (χ4n) is 1.74. The predicted octanol–water partition coefficient (Wildman–Crippen LogP) is 3.76. The SMILES string of the molecule is Cc1ccc(CNC(=O)NCc2ccc(Br)cc2)cc1. The lowest BCUT2D eigenvalue weighted by Gasteiger charge is -2.08. The smallest absolute Gasteiger partial charge is 0.315 e. The van der Waals surface area contributed by atoms with Gasteiger partial charge >= 0.3 is 6.03 Å². The highest BCUT2D eigenvalue weighted by Crippen LogP contribution is 2.10. The molecule has 0 spiro atoms. The summed E-state index contributed by atoms with van der Waals surface area (Å²) in [5, 5.41) is 5.68. The Morgan fingerprint density at radius 1 is 0.900 bits per heavy atom. The molecule has 0 bridgehead atoms. The van der Waals surface area contributed by atoms with Crippen molar-refractivity contribution < 1.29 is 4.79 Å². The topological polar surface area (TPSA) is 41.1 Å². The fourth-order valence-corrected chi connectivity index (χ4v) is 2.00. The largest absolute Gasteiger partial charge is 0.334 e. The summed E-state index contributed by atoms with van der Waals surface area (Å²) in [6.07, 6.45) is 0. The normalized spacial score (nSPS) is 10.1. The minimum Gasteiger partial charge on any atom is -0.334 e. The summed E-state index contributed by atoms with van der Waals surface area (Å²) in [6.45, 7) is 3.10. The number of benzene rings is 2. The minimum absolute atomic E-state index is 0.159. The number of nitrogens with one attached hydrogen (secondary N) is 2. The molecule has 0 heterocycles. The van der Waals surface area contributed by atoms with Crippen molar-refractivity contribution in [2.24, 2.45) is 0 Å². The van der Waals surface area contributed by atoms with Gasteiger partial charge in [0.25, 0.3) is 0 Å². The van der Waals surface area contributed by atoms with Crippen LogP contribution in [-0.2, 0) is 13.1 Å². The van der Waals surface area contributed by atoms with Gasteiger partial charge in [-0.15, -0.1) is 0 Å². The van der Waals surface area contributed by atoms with E-state index in [-0.39, 0.29) is 6.03 Å². The molecule has 0 unspecified atom stereocenters. The Balaban J connectivity index is 1.75.